The third-order valence-corrected chi connectivity index (χ3v) is 8.01. The number of carbonyl (C=O) groups is 1. The van der Waals surface area contributed by atoms with Crippen molar-refractivity contribution in [3.8, 4) is 0 Å². The molecule has 10 heteroatoms. The number of benzene rings is 2. The normalized spacial score (nSPS) is 17.8. The van der Waals surface area contributed by atoms with Crippen LogP contribution >= 0.6 is 0 Å². The third kappa shape index (κ3) is 5.84. The van der Waals surface area contributed by atoms with Gasteiger partial charge in [-0.15, -0.1) is 0 Å². The molecule has 1 heterocycles. The van der Waals surface area contributed by atoms with Crippen molar-refractivity contribution in [2.75, 3.05) is 24.1 Å². The molecule has 1 saturated heterocycles. The zero-order chi connectivity index (χ0) is 22.8. The number of rotatable bonds is 6. The van der Waals surface area contributed by atoms with E-state index in [4.69, 9.17) is 0 Å². The Morgan fingerprint density at radius 3 is 2.35 bits per heavy atom. The summed E-state index contributed by atoms with van der Waals surface area (Å²) in [7, 11) is -7.05. The SMILES string of the molecule is Cc1ccc(C)c(S(=O)(=O)Nc2ccc(C(=O)NC3CCCN(S(C)(=O)=O)C3)cc2)c1. The summed E-state index contributed by atoms with van der Waals surface area (Å²) in [5, 5.41) is 2.86. The molecule has 1 aliphatic heterocycles. The smallest absolute Gasteiger partial charge is 0.262 e. The summed E-state index contributed by atoms with van der Waals surface area (Å²) in [5.41, 5.74) is 2.20. The summed E-state index contributed by atoms with van der Waals surface area (Å²) in [6.45, 7) is 4.27. The van der Waals surface area contributed by atoms with Gasteiger partial charge in [0.1, 0.15) is 0 Å². The standard InChI is InChI=1S/C21H27N3O5S2/c1-15-6-7-16(2)20(13-15)31(28,29)23-18-10-8-17(9-11-18)21(25)22-19-5-4-12-24(14-19)30(3,26)27/h6-11,13,19,23H,4-5,12,14H2,1-3H3,(H,22,25). The Hall–Kier alpha value is -2.43. The van der Waals surface area contributed by atoms with Crippen molar-refractivity contribution in [3.63, 3.8) is 0 Å². The fourth-order valence-corrected chi connectivity index (χ4v) is 5.83. The fourth-order valence-electron chi connectivity index (χ4n) is 3.53. The van der Waals surface area contributed by atoms with Gasteiger partial charge >= 0.3 is 0 Å². The van der Waals surface area contributed by atoms with Gasteiger partial charge in [-0.25, -0.2) is 21.1 Å². The number of hydrogen-bond donors (Lipinski definition) is 2. The number of amides is 1. The minimum absolute atomic E-state index is 0.210. The second-order valence-electron chi connectivity index (χ2n) is 7.89. The molecular weight excluding hydrogens is 438 g/mol. The first-order valence-electron chi connectivity index (χ1n) is 9.92. The summed E-state index contributed by atoms with van der Waals surface area (Å²) >= 11 is 0. The second-order valence-corrected chi connectivity index (χ2v) is 11.5. The second kappa shape index (κ2) is 8.97. The predicted molar refractivity (Wildman–Crippen MR) is 120 cm³/mol. The van der Waals surface area contributed by atoms with E-state index < -0.39 is 20.0 Å². The van der Waals surface area contributed by atoms with Crippen LogP contribution in [0.25, 0.3) is 0 Å². The molecule has 168 valence electrons. The Kier molecular flexibility index (Phi) is 6.73. The molecule has 2 aromatic rings. The Morgan fingerprint density at radius 1 is 1.03 bits per heavy atom. The molecule has 1 unspecified atom stereocenters. The first-order valence-corrected chi connectivity index (χ1v) is 13.2. The first-order chi connectivity index (χ1) is 14.5. The van der Waals surface area contributed by atoms with Gasteiger partial charge in [-0.2, -0.15) is 0 Å². The van der Waals surface area contributed by atoms with Crippen LogP contribution in [0.5, 0.6) is 0 Å². The monoisotopic (exact) mass is 465 g/mol. The van der Waals surface area contributed by atoms with Gasteiger partial charge in [-0.1, -0.05) is 12.1 Å². The lowest BCUT2D eigenvalue weighted by Gasteiger charge is -2.31. The van der Waals surface area contributed by atoms with Gasteiger partial charge in [0.15, 0.2) is 0 Å². The Labute approximate surface area is 183 Å². The lowest BCUT2D eigenvalue weighted by molar-refractivity contribution is 0.0921. The molecule has 0 bridgehead atoms. The molecule has 3 rings (SSSR count). The van der Waals surface area contributed by atoms with Gasteiger partial charge in [-0.05, 0) is 68.1 Å². The van der Waals surface area contributed by atoms with Crippen molar-refractivity contribution in [3.05, 3.63) is 59.2 Å². The highest BCUT2D eigenvalue weighted by Gasteiger charge is 2.27. The number of carbonyl (C=O) groups excluding carboxylic acids is 1. The summed E-state index contributed by atoms with van der Waals surface area (Å²) in [5.74, 6) is -0.329. The van der Waals surface area contributed by atoms with E-state index in [1.165, 1.54) is 28.6 Å². The van der Waals surface area contributed by atoms with E-state index in [9.17, 15) is 21.6 Å². The van der Waals surface area contributed by atoms with Crippen LogP contribution in [-0.2, 0) is 20.0 Å². The molecule has 1 atom stereocenters. The van der Waals surface area contributed by atoms with E-state index in [-0.39, 0.29) is 23.4 Å². The predicted octanol–water partition coefficient (Wildman–Crippen LogP) is 2.26. The topological polar surface area (TPSA) is 113 Å². The molecule has 1 aliphatic rings. The molecule has 0 spiro atoms. The van der Waals surface area contributed by atoms with Crippen molar-refractivity contribution in [1.82, 2.24) is 9.62 Å². The lowest BCUT2D eigenvalue weighted by atomic mass is 10.1. The maximum Gasteiger partial charge on any atom is 0.262 e. The van der Waals surface area contributed by atoms with Crippen molar-refractivity contribution in [2.24, 2.45) is 0 Å². The number of sulfonamides is 2. The van der Waals surface area contributed by atoms with Crippen LogP contribution in [0.4, 0.5) is 5.69 Å². The molecule has 8 nitrogen and oxygen atoms in total. The fraction of sp³-hybridized carbons (Fsp3) is 0.381. The molecule has 1 fully saturated rings. The number of anilines is 1. The molecule has 0 aliphatic carbocycles. The molecule has 2 N–H and O–H groups in total. The average Bonchev–Trinajstić information content (AvgIpc) is 2.69. The lowest BCUT2D eigenvalue weighted by Crippen LogP contribution is -2.49. The maximum absolute atomic E-state index is 12.7. The van der Waals surface area contributed by atoms with Gasteiger partial charge in [0.25, 0.3) is 15.9 Å². The molecule has 2 aromatic carbocycles. The van der Waals surface area contributed by atoms with Crippen LogP contribution in [-0.4, -0.2) is 52.4 Å². The Balaban J connectivity index is 1.67. The van der Waals surface area contributed by atoms with Gasteiger partial charge in [0.2, 0.25) is 10.0 Å². The molecular formula is C21H27N3O5S2. The average molecular weight is 466 g/mol. The van der Waals surface area contributed by atoms with Crippen LogP contribution in [0.2, 0.25) is 0 Å². The van der Waals surface area contributed by atoms with E-state index in [1.54, 1.807) is 19.1 Å². The quantitative estimate of drug-likeness (QED) is 0.680. The van der Waals surface area contributed by atoms with Crippen LogP contribution in [0, 0.1) is 13.8 Å². The largest absolute Gasteiger partial charge is 0.348 e. The van der Waals surface area contributed by atoms with E-state index in [0.717, 1.165) is 11.8 Å². The molecule has 0 aromatic heterocycles. The van der Waals surface area contributed by atoms with Gasteiger partial charge in [-0.3, -0.25) is 9.52 Å². The minimum Gasteiger partial charge on any atom is -0.348 e. The molecule has 31 heavy (non-hydrogen) atoms. The Bertz CT molecular complexity index is 1180. The highest BCUT2D eigenvalue weighted by Crippen LogP contribution is 2.21. The van der Waals surface area contributed by atoms with Gasteiger partial charge in [0.05, 0.1) is 11.2 Å². The first kappa shape index (κ1) is 23.2. The molecule has 0 radical (unpaired) electrons. The van der Waals surface area contributed by atoms with Gasteiger partial charge in [0, 0.05) is 30.4 Å². The van der Waals surface area contributed by atoms with Crippen LogP contribution in [0.15, 0.2) is 47.4 Å². The molecule has 0 saturated carbocycles. The third-order valence-electron chi connectivity index (χ3n) is 5.22. The summed E-state index contributed by atoms with van der Waals surface area (Å²) in [4.78, 5) is 12.8. The van der Waals surface area contributed by atoms with E-state index in [2.05, 4.69) is 10.0 Å². The zero-order valence-electron chi connectivity index (χ0n) is 17.8. The minimum atomic E-state index is -3.76. The van der Waals surface area contributed by atoms with Crippen LogP contribution in [0.3, 0.4) is 0 Å². The highest BCUT2D eigenvalue weighted by atomic mass is 32.2. The Morgan fingerprint density at radius 2 is 1.71 bits per heavy atom. The van der Waals surface area contributed by atoms with E-state index >= 15 is 0 Å². The van der Waals surface area contributed by atoms with E-state index in [1.807, 2.05) is 13.0 Å². The van der Waals surface area contributed by atoms with Crippen LogP contribution in [0.1, 0.15) is 34.3 Å². The highest BCUT2D eigenvalue weighted by molar-refractivity contribution is 7.92. The summed E-state index contributed by atoms with van der Waals surface area (Å²) in [6, 6.07) is 11.1. The van der Waals surface area contributed by atoms with Crippen molar-refractivity contribution in [2.45, 2.75) is 37.6 Å². The zero-order valence-corrected chi connectivity index (χ0v) is 19.4. The number of hydrogen-bond acceptors (Lipinski definition) is 5. The number of aryl methyl sites for hydroxylation is 2. The van der Waals surface area contributed by atoms with Crippen molar-refractivity contribution < 1.29 is 21.6 Å². The van der Waals surface area contributed by atoms with Crippen molar-refractivity contribution in [1.29, 1.82) is 0 Å². The summed E-state index contributed by atoms with van der Waals surface area (Å²) < 4.78 is 52.8. The van der Waals surface area contributed by atoms with Gasteiger partial charge < -0.3 is 5.32 Å². The number of piperidine rings is 1. The maximum atomic E-state index is 12.7. The van der Waals surface area contributed by atoms with Crippen LogP contribution < -0.4 is 10.0 Å². The van der Waals surface area contributed by atoms with Crippen molar-refractivity contribution >= 4 is 31.6 Å². The number of nitrogens with one attached hydrogen (secondary N) is 2. The molecule has 1 amide bonds. The number of nitrogens with zero attached hydrogens (tertiary/aromatic N) is 1. The van der Waals surface area contributed by atoms with E-state index in [0.29, 0.717) is 36.2 Å². The summed E-state index contributed by atoms with van der Waals surface area (Å²) in [6.07, 6.45) is 2.54.